The van der Waals surface area contributed by atoms with E-state index in [9.17, 15) is 14.7 Å². The van der Waals surface area contributed by atoms with E-state index >= 15 is 0 Å². The molecule has 0 unspecified atom stereocenters. The lowest BCUT2D eigenvalue weighted by atomic mass is 10.2. The van der Waals surface area contributed by atoms with E-state index in [0.29, 0.717) is 26.2 Å². The number of rotatable bonds is 4. The third kappa shape index (κ3) is 3.08. The number of carbonyl (C=O) groups excluding carboxylic acids is 2. The van der Waals surface area contributed by atoms with E-state index in [2.05, 4.69) is 4.90 Å². The number of nitrogens with zero attached hydrogens (tertiary/aromatic N) is 2. The molecular weight excluding hydrogens is 288 g/mol. The fourth-order valence-electron chi connectivity index (χ4n) is 2.66. The van der Waals surface area contributed by atoms with Gasteiger partial charge in [-0.25, -0.2) is 0 Å². The number of fused-ring (bicyclic) bond motifs is 1. The maximum absolute atomic E-state index is 11.9. The van der Waals surface area contributed by atoms with Crippen molar-refractivity contribution >= 4 is 17.6 Å². The minimum Gasteiger partial charge on any atom is -0.550 e. The Morgan fingerprint density at radius 3 is 2.50 bits per heavy atom. The summed E-state index contributed by atoms with van der Waals surface area (Å²) in [5.74, 6) is 0.173. The second kappa shape index (κ2) is 6.13. The van der Waals surface area contributed by atoms with E-state index in [1.165, 1.54) is 0 Å². The highest BCUT2D eigenvalue weighted by Gasteiger charge is 2.22. The maximum Gasteiger partial charge on any atom is 0.231 e. The number of piperazine rings is 1. The van der Waals surface area contributed by atoms with Gasteiger partial charge >= 0.3 is 0 Å². The van der Waals surface area contributed by atoms with Crippen LogP contribution in [-0.4, -0.2) is 49.7 Å². The molecule has 1 fully saturated rings. The zero-order chi connectivity index (χ0) is 15.5. The molecule has 7 heteroatoms. The van der Waals surface area contributed by atoms with E-state index in [0.717, 1.165) is 17.2 Å². The van der Waals surface area contributed by atoms with Crippen LogP contribution in [0, 0.1) is 0 Å². The molecule has 0 radical (unpaired) electrons. The Hall–Kier alpha value is -2.44. The molecule has 2 heterocycles. The molecule has 0 atom stereocenters. The van der Waals surface area contributed by atoms with E-state index in [-0.39, 0.29) is 25.5 Å². The predicted octanol–water partition coefficient (Wildman–Crippen LogP) is -0.406. The molecule has 118 valence electrons. The van der Waals surface area contributed by atoms with Gasteiger partial charge in [-0.1, -0.05) is 0 Å². The molecule has 1 aromatic rings. The van der Waals surface area contributed by atoms with Gasteiger partial charge in [0.1, 0.15) is 0 Å². The molecule has 1 amide bonds. The standard InChI is InChI=1S/C15H18N2O5/c18-14(3-4-15(19)20)17-7-5-16(6-8-17)11-1-2-12-13(9-11)22-10-21-12/h1-2,9H,3-8,10H2,(H,19,20)/p-1. The highest BCUT2D eigenvalue weighted by Crippen LogP contribution is 2.35. The van der Waals surface area contributed by atoms with Gasteiger partial charge < -0.3 is 29.2 Å². The highest BCUT2D eigenvalue weighted by atomic mass is 16.7. The van der Waals surface area contributed by atoms with E-state index < -0.39 is 5.97 Å². The van der Waals surface area contributed by atoms with Crippen molar-refractivity contribution in [3.63, 3.8) is 0 Å². The fraction of sp³-hybridized carbons (Fsp3) is 0.467. The molecule has 0 aromatic heterocycles. The number of carboxylic acid groups (broad SMARTS) is 1. The van der Waals surface area contributed by atoms with Gasteiger partial charge in [0.05, 0.1) is 0 Å². The van der Waals surface area contributed by atoms with Crippen molar-refractivity contribution in [2.24, 2.45) is 0 Å². The molecule has 2 aliphatic heterocycles. The number of anilines is 1. The summed E-state index contributed by atoms with van der Waals surface area (Å²) in [6.07, 6.45) is -0.215. The SMILES string of the molecule is O=C([O-])CCC(=O)N1CCN(c2ccc3c(c2)OCO3)CC1. The number of hydrogen-bond donors (Lipinski definition) is 0. The molecule has 0 aliphatic carbocycles. The largest absolute Gasteiger partial charge is 0.550 e. The molecule has 0 N–H and O–H groups in total. The second-order valence-corrected chi connectivity index (χ2v) is 5.28. The fourth-order valence-corrected chi connectivity index (χ4v) is 2.66. The van der Waals surface area contributed by atoms with Crippen molar-refractivity contribution in [2.45, 2.75) is 12.8 Å². The van der Waals surface area contributed by atoms with Crippen LogP contribution in [0.4, 0.5) is 5.69 Å². The van der Waals surface area contributed by atoms with E-state index in [4.69, 9.17) is 9.47 Å². The normalized spacial score (nSPS) is 16.7. The number of hydrogen-bond acceptors (Lipinski definition) is 6. The Balaban J connectivity index is 1.55. The lowest BCUT2D eigenvalue weighted by Gasteiger charge is -2.36. The van der Waals surface area contributed by atoms with Gasteiger partial charge in [-0.3, -0.25) is 4.79 Å². The van der Waals surface area contributed by atoms with Crippen molar-refractivity contribution in [2.75, 3.05) is 37.9 Å². The van der Waals surface area contributed by atoms with Crippen LogP contribution >= 0.6 is 0 Å². The topological polar surface area (TPSA) is 82.1 Å². The molecule has 2 aliphatic rings. The Kier molecular flexibility index (Phi) is 4.04. The van der Waals surface area contributed by atoms with Gasteiger partial charge in [-0.15, -0.1) is 0 Å². The Labute approximate surface area is 128 Å². The minimum absolute atomic E-state index is 0.00631. The van der Waals surface area contributed by atoms with Crippen LogP contribution in [0.5, 0.6) is 11.5 Å². The van der Waals surface area contributed by atoms with Gasteiger partial charge in [-0.05, 0) is 18.6 Å². The quantitative estimate of drug-likeness (QED) is 0.752. The summed E-state index contributed by atoms with van der Waals surface area (Å²) in [7, 11) is 0. The molecule has 0 saturated carbocycles. The molecule has 1 aromatic carbocycles. The third-order valence-corrected chi connectivity index (χ3v) is 3.90. The van der Waals surface area contributed by atoms with Gasteiger partial charge in [0, 0.05) is 50.3 Å². The van der Waals surface area contributed by atoms with Crippen LogP contribution in [0.2, 0.25) is 0 Å². The van der Waals surface area contributed by atoms with E-state index in [1.54, 1.807) is 4.90 Å². The predicted molar refractivity (Wildman–Crippen MR) is 75.6 cm³/mol. The van der Waals surface area contributed by atoms with Gasteiger partial charge in [0.2, 0.25) is 12.7 Å². The minimum atomic E-state index is -1.19. The average molecular weight is 305 g/mol. The summed E-state index contributed by atoms with van der Waals surface area (Å²) >= 11 is 0. The first kappa shape index (κ1) is 14.5. The number of aliphatic carboxylic acids is 1. The van der Waals surface area contributed by atoms with Gasteiger partial charge in [0.15, 0.2) is 11.5 Å². The number of ether oxygens (including phenoxy) is 2. The molecule has 0 bridgehead atoms. The first-order valence-corrected chi connectivity index (χ1v) is 7.26. The smallest absolute Gasteiger partial charge is 0.231 e. The van der Waals surface area contributed by atoms with Crippen molar-refractivity contribution < 1.29 is 24.2 Å². The Bertz CT molecular complexity index is 581. The molecular formula is C15H17N2O5-. The zero-order valence-corrected chi connectivity index (χ0v) is 12.1. The number of benzene rings is 1. The van der Waals surface area contributed by atoms with Crippen LogP contribution in [0.15, 0.2) is 18.2 Å². The average Bonchev–Trinajstić information content (AvgIpc) is 3.00. The maximum atomic E-state index is 11.9. The summed E-state index contributed by atoms with van der Waals surface area (Å²) in [6.45, 7) is 2.83. The first-order chi connectivity index (χ1) is 10.6. The molecule has 22 heavy (non-hydrogen) atoms. The molecule has 1 saturated heterocycles. The van der Waals surface area contributed by atoms with Crippen LogP contribution in [-0.2, 0) is 9.59 Å². The summed E-state index contributed by atoms with van der Waals surface area (Å²) in [5, 5.41) is 10.4. The van der Waals surface area contributed by atoms with Gasteiger partial charge in [-0.2, -0.15) is 0 Å². The third-order valence-electron chi connectivity index (χ3n) is 3.90. The number of carbonyl (C=O) groups is 2. The summed E-state index contributed by atoms with van der Waals surface area (Å²) in [6, 6.07) is 5.80. The summed E-state index contributed by atoms with van der Waals surface area (Å²) in [4.78, 5) is 26.2. The van der Waals surface area contributed by atoms with Crippen molar-refractivity contribution in [3.05, 3.63) is 18.2 Å². The first-order valence-electron chi connectivity index (χ1n) is 7.26. The lowest BCUT2D eigenvalue weighted by Crippen LogP contribution is -2.49. The molecule has 7 nitrogen and oxygen atoms in total. The molecule has 0 spiro atoms. The van der Waals surface area contributed by atoms with Crippen molar-refractivity contribution in [1.82, 2.24) is 4.90 Å². The monoisotopic (exact) mass is 305 g/mol. The second-order valence-electron chi connectivity index (χ2n) is 5.28. The van der Waals surface area contributed by atoms with Crippen LogP contribution in [0.25, 0.3) is 0 Å². The zero-order valence-electron chi connectivity index (χ0n) is 12.1. The van der Waals surface area contributed by atoms with Gasteiger partial charge in [0.25, 0.3) is 0 Å². The Morgan fingerprint density at radius 1 is 1.05 bits per heavy atom. The van der Waals surface area contributed by atoms with Crippen LogP contribution in [0.1, 0.15) is 12.8 Å². The molecule has 3 rings (SSSR count). The van der Waals surface area contributed by atoms with Crippen molar-refractivity contribution in [3.8, 4) is 11.5 Å². The van der Waals surface area contributed by atoms with Crippen molar-refractivity contribution in [1.29, 1.82) is 0 Å². The number of amides is 1. The van der Waals surface area contributed by atoms with E-state index in [1.807, 2.05) is 18.2 Å². The van der Waals surface area contributed by atoms with Crippen LogP contribution < -0.4 is 19.5 Å². The summed E-state index contributed by atoms with van der Waals surface area (Å²) in [5.41, 5.74) is 1.03. The number of carboxylic acids is 1. The lowest BCUT2D eigenvalue weighted by molar-refractivity contribution is -0.305. The highest BCUT2D eigenvalue weighted by molar-refractivity contribution is 5.80. The Morgan fingerprint density at radius 2 is 1.77 bits per heavy atom. The van der Waals surface area contributed by atoms with Crippen LogP contribution in [0.3, 0.4) is 0 Å². The summed E-state index contributed by atoms with van der Waals surface area (Å²) < 4.78 is 10.7.